The van der Waals surface area contributed by atoms with Gasteiger partial charge in [0.2, 0.25) is 5.91 Å². The van der Waals surface area contributed by atoms with Crippen molar-refractivity contribution in [2.75, 3.05) is 5.32 Å². The molecule has 1 amide bonds. The summed E-state index contributed by atoms with van der Waals surface area (Å²) in [6.07, 6.45) is 1.02. The van der Waals surface area contributed by atoms with E-state index in [0.29, 0.717) is 18.5 Å². The zero-order valence-electron chi connectivity index (χ0n) is 10.9. The molecule has 5 heteroatoms. The molecule has 98 valence electrons. The van der Waals surface area contributed by atoms with Crippen molar-refractivity contribution in [1.82, 2.24) is 4.98 Å². The van der Waals surface area contributed by atoms with Crippen LogP contribution in [0.3, 0.4) is 0 Å². The Labute approximate surface area is 116 Å². The zero-order valence-corrected chi connectivity index (χ0v) is 11.8. The number of carbonyl (C=O) groups is 1. The van der Waals surface area contributed by atoms with E-state index in [9.17, 15) is 10.1 Å². The summed E-state index contributed by atoms with van der Waals surface area (Å²) in [5.41, 5.74) is 2.46. The number of fused-ring (bicyclic) bond motifs is 1. The summed E-state index contributed by atoms with van der Waals surface area (Å²) in [6.45, 7) is 3.72. The average molecular weight is 273 g/mol. The summed E-state index contributed by atoms with van der Waals surface area (Å²) >= 11 is 1.53. The second kappa shape index (κ2) is 5.37. The van der Waals surface area contributed by atoms with Gasteiger partial charge in [0.1, 0.15) is 5.41 Å². The van der Waals surface area contributed by atoms with E-state index in [2.05, 4.69) is 16.4 Å². The Morgan fingerprint density at radius 1 is 1.47 bits per heavy atom. The van der Waals surface area contributed by atoms with Crippen LogP contribution in [0.5, 0.6) is 0 Å². The van der Waals surface area contributed by atoms with Crippen LogP contribution < -0.4 is 5.32 Å². The molecule has 0 bridgehead atoms. The van der Waals surface area contributed by atoms with E-state index in [1.807, 2.05) is 32.0 Å². The third-order valence-corrected chi connectivity index (χ3v) is 4.24. The molecule has 1 aromatic carbocycles. The predicted molar refractivity (Wildman–Crippen MR) is 76.9 cm³/mol. The van der Waals surface area contributed by atoms with Gasteiger partial charge >= 0.3 is 0 Å². The molecule has 2 aromatic rings. The van der Waals surface area contributed by atoms with Gasteiger partial charge in [-0.1, -0.05) is 13.8 Å². The smallest absolute Gasteiger partial charge is 0.244 e. The average Bonchev–Trinajstić information content (AvgIpc) is 2.89. The number of carbonyl (C=O) groups excluding carboxylic acids is 1. The number of aromatic nitrogens is 1. The van der Waals surface area contributed by atoms with Crippen LogP contribution in [0.15, 0.2) is 23.7 Å². The molecule has 0 aliphatic carbocycles. The van der Waals surface area contributed by atoms with Crippen molar-refractivity contribution in [3.8, 4) is 6.07 Å². The first-order valence-electron chi connectivity index (χ1n) is 6.21. The fraction of sp³-hybridized carbons (Fsp3) is 0.357. The van der Waals surface area contributed by atoms with E-state index in [1.165, 1.54) is 11.3 Å². The van der Waals surface area contributed by atoms with Crippen LogP contribution >= 0.6 is 11.3 Å². The van der Waals surface area contributed by atoms with Crippen LogP contribution in [0.4, 0.5) is 5.69 Å². The second-order valence-corrected chi connectivity index (χ2v) is 5.28. The Morgan fingerprint density at radius 3 is 2.84 bits per heavy atom. The van der Waals surface area contributed by atoms with Gasteiger partial charge in [0.05, 0.1) is 21.8 Å². The predicted octanol–water partition coefficient (Wildman–Crippen LogP) is 3.56. The van der Waals surface area contributed by atoms with E-state index in [-0.39, 0.29) is 5.91 Å². The number of hydrogen-bond acceptors (Lipinski definition) is 4. The van der Waals surface area contributed by atoms with Crippen molar-refractivity contribution in [3.63, 3.8) is 0 Å². The van der Waals surface area contributed by atoms with Crippen LogP contribution in [0.25, 0.3) is 10.2 Å². The maximum atomic E-state index is 12.3. The van der Waals surface area contributed by atoms with Crippen LogP contribution in [0.2, 0.25) is 0 Å². The van der Waals surface area contributed by atoms with Gasteiger partial charge in [0, 0.05) is 5.69 Å². The summed E-state index contributed by atoms with van der Waals surface area (Å²) in [5, 5.41) is 12.1. The molecule has 2 rings (SSSR count). The Morgan fingerprint density at radius 2 is 2.21 bits per heavy atom. The largest absolute Gasteiger partial charge is 0.325 e. The number of rotatable bonds is 4. The molecule has 0 saturated carbocycles. The molecule has 0 unspecified atom stereocenters. The van der Waals surface area contributed by atoms with Crippen LogP contribution in [-0.2, 0) is 4.79 Å². The first kappa shape index (κ1) is 13.5. The van der Waals surface area contributed by atoms with Crippen molar-refractivity contribution in [2.45, 2.75) is 26.7 Å². The van der Waals surface area contributed by atoms with Crippen molar-refractivity contribution >= 4 is 33.1 Å². The van der Waals surface area contributed by atoms with Crippen LogP contribution in [0, 0.1) is 16.7 Å². The van der Waals surface area contributed by atoms with Crippen molar-refractivity contribution < 1.29 is 4.79 Å². The molecule has 19 heavy (non-hydrogen) atoms. The number of amides is 1. The summed E-state index contributed by atoms with van der Waals surface area (Å²) < 4.78 is 1.02. The van der Waals surface area contributed by atoms with Gasteiger partial charge in [-0.15, -0.1) is 11.3 Å². The number of anilines is 1. The first-order valence-corrected chi connectivity index (χ1v) is 7.09. The first-order chi connectivity index (χ1) is 9.15. The van der Waals surface area contributed by atoms with E-state index >= 15 is 0 Å². The fourth-order valence-corrected chi connectivity index (χ4v) is 2.68. The highest BCUT2D eigenvalue weighted by molar-refractivity contribution is 7.16. The lowest BCUT2D eigenvalue weighted by Gasteiger charge is -2.22. The Kier molecular flexibility index (Phi) is 3.82. The number of benzene rings is 1. The number of nitriles is 1. The second-order valence-electron chi connectivity index (χ2n) is 4.39. The Balaban J connectivity index is 2.25. The maximum Gasteiger partial charge on any atom is 0.244 e. The normalized spacial score (nSPS) is 11.2. The maximum absolute atomic E-state index is 12.3. The lowest BCUT2D eigenvalue weighted by molar-refractivity contribution is -0.123. The summed E-state index contributed by atoms with van der Waals surface area (Å²) in [4.78, 5) is 16.4. The highest BCUT2D eigenvalue weighted by Gasteiger charge is 2.34. The number of nitrogens with zero attached hydrogens (tertiary/aromatic N) is 2. The lowest BCUT2D eigenvalue weighted by Crippen LogP contribution is -2.33. The monoisotopic (exact) mass is 273 g/mol. The number of hydrogen-bond donors (Lipinski definition) is 1. The molecule has 4 nitrogen and oxygen atoms in total. The number of thiazole rings is 1. The van der Waals surface area contributed by atoms with Gasteiger partial charge < -0.3 is 5.32 Å². The topological polar surface area (TPSA) is 65.8 Å². The van der Waals surface area contributed by atoms with Gasteiger partial charge in [-0.25, -0.2) is 4.98 Å². The Hall–Kier alpha value is -1.93. The van der Waals surface area contributed by atoms with Crippen LogP contribution in [0.1, 0.15) is 26.7 Å². The molecule has 0 radical (unpaired) electrons. The van der Waals surface area contributed by atoms with Crippen molar-refractivity contribution in [3.05, 3.63) is 23.7 Å². The third-order valence-electron chi connectivity index (χ3n) is 3.44. The molecule has 0 aliphatic heterocycles. The highest BCUT2D eigenvalue weighted by Crippen LogP contribution is 2.28. The molecular weight excluding hydrogens is 258 g/mol. The lowest BCUT2D eigenvalue weighted by atomic mass is 9.83. The van der Waals surface area contributed by atoms with Crippen molar-refractivity contribution in [1.29, 1.82) is 5.26 Å². The minimum atomic E-state index is -0.942. The fourth-order valence-electron chi connectivity index (χ4n) is 1.96. The Bertz CT molecular complexity index is 637. The van der Waals surface area contributed by atoms with Gasteiger partial charge in [0.25, 0.3) is 0 Å². The summed E-state index contributed by atoms with van der Waals surface area (Å²) in [5.74, 6) is -0.233. The quantitative estimate of drug-likeness (QED) is 0.926. The van der Waals surface area contributed by atoms with E-state index in [4.69, 9.17) is 0 Å². The molecular formula is C14H15N3OS. The molecule has 1 heterocycles. The molecule has 0 saturated heterocycles. The molecule has 0 spiro atoms. The minimum Gasteiger partial charge on any atom is -0.325 e. The van der Waals surface area contributed by atoms with Gasteiger partial charge in [-0.2, -0.15) is 5.26 Å². The SMILES string of the molecule is CCC(C#N)(CC)C(=O)Nc1ccc2ncsc2c1. The molecule has 0 aliphatic rings. The summed E-state index contributed by atoms with van der Waals surface area (Å²) in [7, 11) is 0. The highest BCUT2D eigenvalue weighted by atomic mass is 32.1. The van der Waals surface area contributed by atoms with Gasteiger partial charge in [-0.3, -0.25) is 4.79 Å². The van der Waals surface area contributed by atoms with E-state index < -0.39 is 5.41 Å². The van der Waals surface area contributed by atoms with E-state index in [1.54, 1.807) is 5.51 Å². The third kappa shape index (κ3) is 2.45. The standard InChI is InChI=1S/C14H15N3OS/c1-3-14(4-2,8-15)13(18)17-10-5-6-11-12(7-10)19-9-16-11/h5-7,9H,3-4H2,1-2H3,(H,17,18). The minimum absolute atomic E-state index is 0.233. The van der Waals surface area contributed by atoms with Crippen LogP contribution in [-0.4, -0.2) is 10.9 Å². The molecule has 0 fully saturated rings. The van der Waals surface area contributed by atoms with Gasteiger partial charge in [0.15, 0.2) is 0 Å². The van der Waals surface area contributed by atoms with E-state index in [0.717, 1.165) is 10.2 Å². The number of nitrogens with one attached hydrogen (secondary N) is 1. The summed E-state index contributed by atoms with van der Waals surface area (Å²) in [6, 6.07) is 7.71. The zero-order chi connectivity index (χ0) is 13.9. The molecule has 1 N–H and O–H groups in total. The molecule has 1 aromatic heterocycles. The van der Waals surface area contributed by atoms with Crippen molar-refractivity contribution in [2.24, 2.45) is 5.41 Å². The molecule has 0 atom stereocenters. The van der Waals surface area contributed by atoms with Gasteiger partial charge in [-0.05, 0) is 31.0 Å².